The van der Waals surface area contributed by atoms with Crippen molar-refractivity contribution in [3.63, 3.8) is 0 Å². The first-order valence-electron chi connectivity index (χ1n) is 6.95. The molecule has 0 bridgehead atoms. The van der Waals surface area contributed by atoms with Crippen molar-refractivity contribution >= 4 is 11.6 Å². The lowest BCUT2D eigenvalue weighted by Gasteiger charge is -2.31. The fourth-order valence-corrected chi connectivity index (χ4v) is 2.69. The normalized spacial score (nSPS) is 19.5. The summed E-state index contributed by atoms with van der Waals surface area (Å²) in [4.78, 5) is 2.48. The zero-order chi connectivity index (χ0) is 13.7. The summed E-state index contributed by atoms with van der Waals surface area (Å²) in [7, 11) is 1.80. The molecule has 106 valence electrons. The maximum Gasteiger partial charge on any atom is 0.0595 e. The third-order valence-electron chi connectivity index (χ3n) is 3.92. The number of benzene rings is 1. The summed E-state index contributed by atoms with van der Waals surface area (Å²) in [5.41, 5.74) is 7.38. The van der Waals surface area contributed by atoms with Crippen LogP contribution in [-0.4, -0.2) is 37.7 Å². The van der Waals surface area contributed by atoms with Crippen LogP contribution >= 0.6 is 11.6 Å². The molecule has 1 aromatic rings. The Morgan fingerprint density at radius 2 is 1.95 bits per heavy atom. The van der Waals surface area contributed by atoms with Crippen LogP contribution in [0.25, 0.3) is 0 Å². The van der Waals surface area contributed by atoms with Crippen LogP contribution in [0.5, 0.6) is 0 Å². The van der Waals surface area contributed by atoms with Crippen molar-refractivity contribution in [2.24, 2.45) is 5.73 Å². The quantitative estimate of drug-likeness (QED) is 0.902. The number of methoxy groups -OCH3 is 1. The molecule has 1 atom stereocenters. The van der Waals surface area contributed by atoms with E-state index in [9.17, 15) is 0 Å². The molecule has 2 rings (SSSR count). The third-order valence-corrected chi connectivity index (χ3v) is 4.17. The van der Waals surface area contributed by atoms with Gasteiger partial charge in [0.25, 0.3) is 0 Å². The number of nitrogens with two attached hydrogens (primary N) is 1. The first kappa shape index (κ1) is 14.8. The second-order valence-electron chi connectivity index (χ2n) is 5.22. The van der Waals surface area contributed by atoms with Gasteiger partial charge < -0.3 is 15.4 Å². The van der Waals surface area contributed by atoms with Crippen LogP contribution in [0.2, 0.25) is 5.02 Å². The summed E-state index contributed by atoms with van der Waals surface area (Å²) in [5.74, 6) is 0. The van der Waals surface area contributed by atoms with Crippen molar-refractivity contribution in [3.8, 4) is 0 Å². The van der Waals surface area contributed by atoms with Gasteiger partial charge in [-0.05, 0) is 43.5 Å². The molecular weight excluding hydrogens is 260 g/mol. The molecular formula is C15H23ClN2O. The third kappa shape index (κ3) is 4.46. The van der Waals surface area contributed by atoms with Gasteiger partial charge in [-0.3, -0.25) is 0 Å². The van der Waals surface area contributed by atoms with Gasteiger partial charge in [-0.1, -0.05) is 23.7 Å². The Bertz CT molecular complexity index is 374. The van der Waals surface area contributed by atoms with Gasteiger partial charge in [0.2, 0.25) is 0 Å². The lowest BCUT2D eigenvalue weighted by atomic mass is 10.0. The van der Waals surface area contributed by atoms with Crippen LogP contribution in [0.4, 0.5) is 0 Å². The molecule has 0 amide bonds. The molecule has 19 heavy (non-hydrogen) atoms. The zero-order valence-corrected chi connectivity index (χ0v) is 12.3. The van der Waals surface area contributed by atoms with E-state index in [1.54, 1.807) is 7.11 Å². The average molecular weight is 283 g/mol. The van der Waals surface area contributed by atoms with Gasteiger partial charge in [-0.2, -0.15) is 0 Å². The van der Waals surface area contributed by atoms with Crippen LogP contribution < -0.4 is 5.73 Å². The van der Waals surface area contributed by atoms with E-state index in [1.165, 1.54) is 0 Å². The van der Waals surface area contributed by atoms with E-state index in [4.69, 9.17) is 22.1 Å². The summed E-state index contributed by atoms with van der Waals surface area (Å²) >= 11 is 5.88. The SMILES string of the molecule is COC1CCN(CCC(N)c2ccc(Cl)cc2)CC1. The predicted molar refractivity (Wildman–Crippen MR) is 79.5 cm³/mol. The molecule has 0 aromatic heterocycles. The lowest BCUT2D eigenvalue weighted by Crippen LogP contribution is -2.38. The molecule has 1 aromatic carbocycles. The highest BCUT2D eigenvalue weighted by molar-refractivity contribution is 6.30. The summed E-state index contributed by atoms with van der Waals surface area (Å²) in [6, 6.07) is 7.94. The molecule has 0 spiro atoms. The molecule has 1 fully saturated rings. The number of hydrogen-bond donors (Lipinski definition) is 1. The van der Waals surface area contributed by atoms with E-state index >= 15 is 0 Å². The van der Waals surface area contributed by atoms with Gasteiger partial charge in [-0.15, -0.1) is 0 Å². The van der Waals surface area contributed by atoms with Crippen molar-refractivity contribution in [1.82, 2.24) is 4.90 Å². The highest BCUT2D eigenvalue weighted by Gasteiger charge is 2.19. The van der Waals surface area contributed by atoms with Crippen molar-refractivity contribution in [2.75, 3.05) is 26.7 Å². The number of rotatable bonds is 5. The summed E-state index contributed by atoms with van der Waals surface area (Å²) in [6.07, 6.45) is 3.69. The Kier molecular flexibility index (Phi) is 5.64. The Hall–Kier alpha value is -0.610. The summed E-state index contributed by atoms with van der Waals surface area (Å²) in [6.45, 7) is 3.29. The lowest BCUT2D eigenvalue weighted by molar-refractivity contribution is 0.0404. The van der Waals surface area contributed by atoms with Gasteiger partial charge in [0, 0.05) is 31.3 Å². The van der Waals surface area contributed by atoms with E-state index in [2.05, 4.69) is 4.90 Å². The molecule has 2 N–H and O–H groups in total. The topological polar surface area (TPSA) is 38.5 Å². The molecule has 3 nitrogen and oxygen atoms in total. The number of hydrogen-bond acceptors (Lipinski definition) is 3. The van der Waals surface area contributed by atoms with E-state index in [-0.39, 0.29) is 6.04 Å². The van der Waals surface area contributed by atoms with Crippen LogP contribution in [-0.2, 0) is 4.74 Å². The molecule has 0 saturated carbocycles. The number of likely N-dealkylation sites (tertiary alicyclic amines) is 1. The van der Waals surface area contributed by atoms with Crippen LogP contribution in [0, 0.1) is 0 Å². The molecule has 1 unspecified atom stereocenters. The second-order valence-corrected chi connectivity index (χ2v) is 5.66. The molecule has 1 heterocycles. The van der Waals surface area contributed by atoms with E-state index in [0.29, 0.717) is 6.10 Å². The fourth-order valence-electron chi connectivity index (χ4n) is 2.57. The van der Waals surface area contributed by atoms with Crippen molar-refractivity contribution < 1.29 is 4.74 Å². The molecule has 0 aliphatic carbocycles. The monoisotopic (exact) mass is 282 g/mol. The molecule has 1 aliphatic rings. The minimum Gasteiger partial charge on any atom is -0.381 e. The van der Waals surface area contributed by atoms with Crippen molar-refractivity contribution in [1.29, 1.82) is 0 Å². The minimum atomic E-state index is 0.0948. The van der Waals surface area contributed by atoms with Gasteiger partial charge in [0.05, 0.1) is 6.10 Å². The number of ether oxygens (including phenoxy) is 1. The highest BCUT2D eigenvalue weighted by Crippen LogP contribution is 2.19. The minimum absolute atomic E-state index is 0.0948. The van der Waals surface area contributed by atoms with Gasteiger partial charge in [-0.25, -0.2) is 0 Å². The van der Waals surface area contributed by atoms with Gasteiger partial charge in [0.15, 0.2) is 0 Å². The zero-order valence-electron chi connectivity index (χ0n) is 11.5. The molecule has 0 radical (unpaired) electrons. The van der Waals surface area contributed by atoms with E-state index < -0.39 is 0 Å². The Labute approximate surface area is 120 Å². The largest absolute Gasteiger partial charge is 0.381 e. The second kappa shape index (κ2) is 7.25. The average Bonchev–Trinajstić information content (AvgIpc) is 2.46. The number of halogens is 1. The first-order chi connectivity index (χ1) is 9.19. The predicted octanol–water partition coefficient (Wildman–Crippen LogP) is 2.84. The fraction of sp³-hybridized carbons (Fsp3) is 0.600. The maximum absolute atomic E-state index is 6.22. The van der Waals surface area contributed by atoms with E-state index in [0.717, 1.165) is 49.5 Å². The standard InChI is InChI=1S/C15H23ClN2O/c1-19-14-6-9-18(10-7-14)11-8-15(17)12-2-4-13(16)5-3-12/h2-5,14-15H,6-11,17H2,1H3. The highest BCUT2D eigenvalue weighted by atomic mass is 35.5. The Morgan fingerprint density at radius 3 is 2.53 bits per heavy atom. The van der Waals surface area contributed by atoms with Crippen LogP contribution in [0.1, 0.15) is 30.9 Å². The van der Waals surface area contributed by atoms with Crippen molar-refractivity contribution in [3.05, 3.63) is 34.9 Å². The molecule has 1 aliphatic heterocycles. The van der Waals surface area contributed by atoms with Gasteiger partial charge in [0.1, 0.15) is 0 Å². The van der Waals surface area contributed by atoms with Crippen LogP contribution in [0.3, 0.4) is 0 Å². The van der Waals surface area contributed by atoms with Crippen LogP contribution in [0.15, 0.2) is 24.3 Å². The first-order valence-corrected chi connectivity index (χ1v) is 7.33. The molecule has 1 saturated heterocycles. The smallest absolute Gasteiger partial charge is 0.0595 e. The van der Waals surface area contributed by atoms with E-state index in [1.807, 2.05) is 24.3 Å². The number of piperidine rings is 1. The number of nitrogens with zero attached hydrogens (tertiary/aromatic N) is 1. The molecule has 4 heteroatoms. The van der Waals surface area contributed by atoms with Crippen molar-refractivity contribution in [2.45, 2.75) is 31.4 Å². The summed E-state index contributed by atoms with van der Waals surface area (Å²) in [5, 5.41) is 0.762. The maximum atomic E-state index is 6.22. The Morgan fingerprint density at radius 1 is 1.32 bits per heavy atom. The Balaban J connectivity index is 1.75. The van der Waals surface area contributed by atoms with Gasteiger partial charge >= 0.3 is 0 Å². The summed E-state index contributed by atoms with van der Waals surface area (Å²) < 4.78 is 5.38.